The first-order valence-electron chi connectivity index (χ1n) is 3.95. The molecule has 0 spiro atoms. The zero-order valence-electron chi connectivity index (χ0n) is 7.63. The largest absolute Gasteiger partial charge is 0.264 e. The number of hydrogen-bond donors (Lipinski definition) is 0. The highest BCUT2D eigenvalue weighted by Crippen LogP contribution is 2.02. The minimum Gasteiger partial charge on any atom is -0.264 e. The molecule has 0 saturated heterocycles. The molecule has 1 aromatic rings. The van der Waals surface area contributed by atoms with E-state index in [4.69, 9.17) is 0 Å². The van der Waals surface area contributed by atoms with E-state index in [2.05, 4.69) is 20.9 Å². The summed E-state index contributed by atoms with van der Waals surface area (Å²) in [7, 11) is 0. The highest BCUT2D eigenvalue weighted by molar-refractivity contribution is 9.10. The minimum absolute atomic E-state index is 1.02. The average molecular weight is 218 g/mol. The van der Waals surface area contributed by atoms with Crippen molar-refractivity contribution in [1.29, 1.82) is 0 Å². The third-order valence-corrected chi connectivity index (χ3v) is 1.09. The Morgan fingerprint density at radius 1 is 1.18 bits per heavy atom. The van der Waals surface area contributed by atoms with E-state index in [-0.39, 0.29) is 0 Å². The molecule has 1 rings (SSSR count). The molecule has 0 amide bonds. The van der Waals surface area contributed by atoms with Crippen molar-refractivity contribution in [1.82, 2.24) is 4.98 Å². The van der Waals surface area contributed by atoms with Gasteiger partial charge >= 0.3 is 0 Å². The van der Waals surface area contributed by atoms with Crippen LogP contribution in [0, 0.1) is 0 Å². The smallest absolute Gasteiger partial charge is 0.0410 e. The van der Waals surface area contributed by atoms with Gasteiger partial charge in [0.2, 0.25) is 0 Å². The van der Waals surface area contributed by atoms with Crippen molar-refractivity contribution >= 4 is 15.9 Å². The molecule has 0 aliphatic heterocycles. The lowest BCUT2D eigenvalue weighted by Crippen LogP contribution is -1.64. The van der Waals surface area contributed by atoms with Gasteiger partial charge in [-0.2, -0.15) is 0 Å². The zero-order chi connectivity index (χ0) is 9.11. The van der Waals surface area contributed by atoms with Crippen LogP contribution in [0.1, 0.15) is 27.7 Å². The van der Waals surface area contributed by atoms with Gasteiger partial charge in [-0.15, -0.1) is 0 Å². The summed E-state index contributed by atoms with van der Waals surface area (Å²) in [4.78, 5) is 3.84. The first kappa shape index (κ1) is 13.2. The molecule has 0 aromatic carbocycles. The molecule has 64 valence electrons. The standard InChI is InChI=1S/C5H4BrN.2C2H6/c6-5-2-1-3-7-4-5;2*1-2/h1-4H;2*1-2H3. The maximum atomic E-state index is 3.84. The number of rotatable bonds is 0. The molecular weight excluding hydrogens is 202 g/mol. The second-order valence-electron chi connectivity index (χ2n) is 1.17. The third kappa shape index (κ3) is 9.63. The lowest BCUT2D eigenvalue weighted by atomic mass is 10.5. The molecule has 0 fully saturated rings. The number of pyridine rings is 1. The summed E-state index contributed by atoms with van der Waals surface area (Å²) in [6, 6.07) is 3.82. The van der Waals surface area contributed by atoms with Crippen LogP contribution < -0.4 is 0 Å². The van der Waals surface area contributed by atoms with Gasteiger partial charge in [0.05, 0.1) is 0 Å². The van der Waals surface area contributed by atoms with Gasteiger partial charge in [-0.3, -0.25) is 4.98 Å². The lowest BCUT2D eigenvalue weighted by molar-refractivity contribution is 1.31. The van der Waals surface area contributed by atoms with Gasteiger partial charge in [0, 0.05) is 16.9 Å². The average Bonchev–Trinajstić information content (AvgIpc) is 2.13. The van der Waals surface area contributed by atoms with Crippen molar-refractivity contribution in [3.63, 3.8) is 0 Å². The van der Waals surface area contributed by atoms with Crippen molar-refractivity contribution in [3.05, 3.63) is 29.0 Å². The zero-order valence-corrected chi connectivity index (χ0v) is 9.22. The van der Waals surface area contributed by atoms with E-state index in [0.717, 1.165) is 4.47 Å². The number of hydrogen-bond acceptors (Lipinski definition) is 1. The van der Waals surface area contributed by atoms with Gasteiger partial charge in [0.15, 0.2) is 0 Å². The molecule has 1 heterocycles. The molecule has 0 atom stereocenters. The van der Waals surface area contributed by atoms with E-state index in [1.54, 1.807) is 12.4 Å². The summed E-state index contributed by atoms with van der Waals surface area (Å²) in [6.07, 6.45) is 3.49. The van der Waals surface area contributed by atoms with Crippen molar-refractivity contribution in [2.75, 3.05) is 0 Å². The topological polar surface area (TPSA) is 12.9 Å². The van der Waals surface area contributed by atoms with E-state index in [9.17, 15) is 0 Å². The fraction of sp³-hybridized carbons (Fsp3) is 0.444. The molecule has 0 radical (unpaired) electrons. The number of aromatic nitrogens is 1. The van der Waals surface area contributed by atoms with Crippen LogP contribution in [0.4, 0.5) is 0 Å². The molecular formula is C9H16BrN. The van der Waals surface area contributed by atoms with Gasteiger partial charge in [0.25, 0.3) is 0 Å². The maximum absolute atomic E-state index is 3.84. The van der Waals surface area contributed by atoms with Crippen LogP contribution in [0.25, 0.3) is 0 Å². The molecule has 0 saturated carbocycles. The van der Waals surface area contributed by atoms with Gasteiger partial charge in [-0.25, -0.2) is 0 Å². The Morgan fingerprint density at radius 2 is 1.73 bits per heavy atom. The van der Waals surface area contributed by atoms with Gasteiger partial charge < -0.3 is 0 Å². The number of halogens is 1. The Morgan fingerprint density at radius 3 is 1.91 bits per heavy atom. The molecule has 1 aromatic heterocycles. The Labute approximate surface area is 78.0 Å². The monoisotopic (exact) mass is 217 g/mol. The van der Waals surface area contributed by atoms with Crippen LogP contribution in [0.15, 0.2) is 29.0 Å². The summed E-state index contributed by atoms with van der Waals surface area (Å²) < 4.78 is 1.02. The van der Waals surface area contributed by atoms with Crippen molar-refractivity contribution in [2.45, 2.75) is 27.7 Å². The molecule has 1 nitrogen and oxygen atoms in total. The van der Waals surface area contributed by atoms with Crippen LogP contribution in [0.2, 0.25) is 0 Å². The van der Waals surface area contributed by atoms with Gasteiger partial charge in [-0.1, -0.05) is 27.7 Å². The van der Waals surface area contributed by atoms with E-state index in [1.165, 1.54) is 0 Å². The van der Waals surface area contributed by atoms with Crippen LogP contribution >= 0.6 is 15.9 Å². The highest BCUT2D eigenvalue weighted by Gasteiger charge is 1.75. The molecule has 2 heteroatoms. The van der Waals surface area contributed by atoms with Crippen LogP contribution in [-0.2, 0) is 0 Å². The third-order valence-electron chi connectivity index (χ3n) is 0.625. The van der Waals surface area contributed by atoms with E-state index < -0.39 is 0 Å². The fourth-order valence-electron chi connectivity index (χ4n) is 0.342. The first-order chi connectivity index (χ1) is 5.39. The van der Waals surface area contributed by atoms with Gasteiger partial charge in [-0.05, 0) is 28.1 Å². The SMILES string of the molecule is Brc1cccnc1.CC.CC. The first-order valence-corrected chi connectivity index (χ1v) is 4.74. The quantitative estimate of drug-likeness (QED) is 0.643. The predicted octanol–water partition coefficient (Wildman–Crippen LogP) is 3.90. The van der Waals surface area contributed by atoms with Crippen LogP contribution in [0.3, 0.4) is 0 Å². The second kappa shape index (κ2) is 12.3. The molecule has 0 N–H and O–H groups in total. The Balaban J connectivity index is 0. The Hall–Kier alpha value is -0.370. The Bertz CT molecular complexity index is 139. The van der Waals surface area contributed by atoms with E-state index in [0.29, 0.717) is 0 Å². The second-order valence-corrected chi connectivity index (χ2v) is 2.09. The van der Waals surface area contributed by atoms with Crippen molar-refractivity contribution in [2.24, 2.45) is 0 Å². The van der Waals surface area contributed by atoms with Crippen LogP contribution in [0.5, 0.6) is 0 Å². The normalized spacial score (nSPS) is 6.64. The molecule has 0 bridgehead atoms. The van der Waals surface area contributed by atoms with Crippen molar-refractivity contribution < 1.29 is 0 Å². The van der Waals surface area contributed by atoms with Gasteiger partial charge in [0.1, 0.15) is 0 Å². The van der Waals surface area contributed by atoms with Crippen LogP contribution in [-0.4, -0.2) is 4.98 Å². The summed E-state index contributed by atoms with van der Waals surface area (Å²) in [5.74, 6) is 0. The Kier molecular flexibility index (Phi) is 14.8. The molecule has 11 heavy (non-hydrogen) atoms. The maximum Gasteiger partial charge on any atom is 0.0410 e. The molecule has 0 aliphatic rings. The van der Waals surface area contributed by atoms with E-state index in [1.807, 2.05) is 39.8 Å². The molecule has 0 aliphatic carbocycles. The minimum atomic E-state index is 1.02. The summed E-state index contributed by atoms with van der Waals surface area (Å²) in [5.41, 5.74) is 0. The summed E-state index contributed by atoms with van der Waals surface area (Å²) in [6.45, 7) is 8.00. The number of nitrogens with zero attached hydrogens (tertiary/aromatic N) is 1. The summed E-state index contributed by atoms with van der Waals surface area (Å²) in [5, 5.41) is 0. The van der Waals surface area contributed by atoms with Crippen molar-refractivity contribution in [3.8, 4) is 0 Å². The van der Waals surface area contributed by atoms with E-state index >= 15 is 0 Å². The predicted molar refractivity (Wildman–Crippen MR) is 54.6 cm³/mol. The highest BCUT2D eigenvalue weighted by atomic mass is 79.9. The molecule has 0 unspecified atom stereocenters. The summed E-state index contributed by atoms with van der Waals surface area (Å²) >= 11 is 3.25. The fourth-order valence-corrected chi connectivity index (χ4v) is 0.613. The lowest BCUT2D eigenvalue weighted by Gasteiger charge is -1.80.